The summed E-state index contributed by atoms with van der Waals surface area (Å²) in [6.07, 6.45) is 0.737. The van der Waals surface area contributed by atoms with Crippen molar-refractivity contribution in [3.05, 3.63) is 70.0 Å². The maximum Gasteiger partial charge on any atom is 0.266 e. The van der Waals surface area contributed by atoms with E-state index in [4.69, 9.17) is 21.1 Å². The van der Waals surface area contributed by atoms with E-state index in [1.165, 1.54) is 10.7 Å². The van der Waals surface area contributed by atoms with Gasteiger partial charge < -0.3 is 14.8 Å². The Hall–Kier alpha value is -3.32. The SMILES string of the molecule is O=C(CCCn1nc(-c2ccc(Cl)cc2)ccc1=O)Nc1ccc2c(c1)OCO2. The van der Waals surface area contributed by atoms with Gasteiger partial charge in [-0.1, -0.05) is 23.7 Å². The zero-order chi connectivity index (χ0) is 20.2. The first kappa shape index (κ1) is 19.0. The number of fused-ring (bicyclic) bond motifs is 1. The van der Waals surface area contributed by atoms with Gasteiger partial charge in [-0.15, -0.1) is 0 Å². The van der Waals surface area contributed by atoms with Crippen LogP contribution < -0.4 is 20.3 Å². The second-order valence-corrected chi connectivity index (χ2v) is 6.94. The zero-order valence-corrected chi connectivity index (χ0v) is 16.2. The van der Waals surface area contributed by atoms with Gasteiger partial charge in [-0.05, 0) is 36.8 Å². The van der Waals surface area contributed by atoms with Gasteiger partial charge in [0, 0.05) is 41.4 Å². The lowest BCUT2D eigenvalue weighted by Crippen LogP contribution is -2.23. The highest BCUT2D eigenvalue weighted by atomic mass is 35.5. The van der Waals surface area contributed by atoms with Crippen LogP contribution in [-0.2, 0) is 11.3 Å². The maximum atomic E-state index is 12.2. The molecule has 4 rings (SSSR count). The molecule has 148 valence electrons. The number of hydrogen-bond acceptors (Lipinski definition) is 5. The van der Waals surface area contributed by atoms with Crippen molar-refractivity contribution < 1.29 is 14.3 Å². The van der Waals surface area contributed by atoms with Gasteiger partial charge in [0.1, 0.15) is 0 Å². The summed E-state index contributed by atoms with van der Waals surface area (Å²) in [5.41, 5.74) is 1.97. The fourth-order valence-corrected chi connectivity index (χ4v) is 3.10. The first-order chi connectivity index (χ1) is 14.1. The van der Waals surface area contributed by atoms with Crippen LogP contribution >= 0.6 is 11.6 Å². The van der Waals surface area contributed by atoms with Crippen molar-refractivity contribution in [1.82, 2.24) is 9.78 Å². The average molecular weight is 412 g/mol. The van der Waals surface area contributed by atoms with Crippen molar-refractivity contribution in [2.24, 2.45) is 0 Å². The molecule has 0 radical (unpaired) electrons. The molecule has 1 aromatic heterocycles. The van der Waals surface area contributed by atoms with Gasteiger partial charge in [-0.2, -0.15) is 5.10 Å². The van der Waals surface area contributed by atoms with Gasteiger partial charge in [-0.25, -0.2) is 4.68 Å². The minimum atomic E-state index is -0.209. The lowest BCUT2D eigenvalue weighted by Gasteiger charge is -2.08. The Labute approximate surface area is 171 Å². The Kier molecular flexibility index (Phi) is 5.48. The molecule has 0 unspecified atom stereocenters. The molecule has 0 atom stereocenters. The summed E-state index contributed by atoms with van der Waals surface area (Å²) < 4.78 is 11.9. The number of anilines is 1. The number of aromatic nitrogens is 2. The Bertz CT molecular complexity index is 1100. The quantitative estimate of drug-likeness (QED) is 0.668. The number of carbonyl (C=O) groups excluding carboxylic acids is 1. The minimum absolute atomic E-state index is 0.147. The van der Waals surface area contributed by atoms with Crippen molar-refractivity contribution in [1.29, 1.82) is 0 Å². The number of amides is 1. The van der Waals surface area contributed by atoms with E-state index in [1.807, 2.05) is 12.1 Å². The molecule has 0 saturated heterocycles. The number of hydrogen-bond donors (Lipinski definition) is 1. The number of carbonyl (C=O) groups is 1. The molecule has 1 N–H and O–H groups in total. The second-order valence-electron chi connectivity index (χ2n) is 6.51. The van der Waals surface area contributed by atoms with Gasteiger partial charge in [0.25, 0.3) is 5.56 Å². The minimum Gasteiger partial charge on any atom is -0.454 e. The predicted octanol–water partition coefficient (Wildman–Crippen LogP) is 3.71. The van der Waals surface area contributed by atoms with Crippen LogP contribution in [-0.4, -0.2) is 22.5 Å². The standard InChI is InChI=1S/C21H18ClN3O4/c22-15-5-3-14(4-6-15)17-8-10-21(27)25(24-17)11-1-2-20(26)23-16-7-9-18-19(12-16)29-13-28-18/h3-10,12H,1-2,11,13H2,(H,23,26). The highest BCUT2D eigenvalue weighted by Gasteiger charge is 2.14. The third kappa shape index (κ3) is 4.57. The third-order valence-electron chi connectivity index (χ3n) is 4.44. The first-order valence-corrected chi connectivity index (χ1v) is 9.50. The van der Waals surface area contributed by atoms with Crippen molar-refractivity contribution in [3.8, 4) is 22.8 Å². The van der Waals surface area contributed by atoms with Crippen LogP contribution in [0.25, 0.3) is 11.3 Å². The molecule has 0 bridgehead atoms. The lowest BCUT2D eigenvalue weighted by molar-refractivity contribution is -0.116. The van der Waals surface area contributed by atoms with Crippen LogP contribution in [0, 0.1) is 0 Å². The smallest absolute Gasteiger partial charge is 0.266 e. The molecule has 7 nitrogen and oxygen atoms in total. The summed E-state index contributed by atoms with van der Waals surface area (Å²) in [4.78, 5) is 24.3. The highest BCUT2D eigenvalue weighted by Crippen LogP contribution is 2.34. The number of ether oxygens (including phenoxy) is 2. The summed E-state index contributed by atoms with van der Waals surface area (Å²) in [5, 5.41) is 7.85. The number of rotatable bonds is 6. The molecule has 29 heavy (non-hydrogen) atoms. The Morgan fingerprint density at radius 3 is 2.69 bits per heavy atom. The van der Waals surface area contributed by atoms with E-state index in [2.05, 4.69) is 10.4 Å². The van der Waals surface area contributed by atoms with Crippen LogP contribution in [0.3, 0.4) is 0 Å². The van der Waals surface area contributed by atoms with Crippen molar-refractivity contribution >= 4 is 23.2 Å². The van der Waals surface area contributed by atoms with E-state index in [0.29, 0.717) is 40.9 Å². The van der Waals surface area contributed by atoms with Gasteiger partial charge >= 0.3 is 0 Å². The van der Waals surface area contributed by atoms with Crippen LogP contribution in [0.1, 0.15) is 12.8 Å². The first-order valence-electron chi connectivity index (χ1n) is 9.12. The van der Waals surface area contributed by atoms with Crippen molar-refractivity contribution in [2.45, 2.75) is 19.4 Å². The number of halogens is 1. The summed E-state index contributed by atoms with van der Waals surface area (Å²) in [7, 11) is 0. The molecule has 3 aromatic rings. The monoisotopic (exact) mass is 411 g/mol. The van der Waals surface area contributed by atoms with E-state index in [0.717, 1.165) is 5.56 Å². The predicted molar refractivity (Wildman–Crippen MR) is 109 cm³/mol. The van der Waals surface area contributed by atoms with E-state index in [1.54, 1.807) is 36.4 Å². The largest absolute Gasteiger partial charge is 0.454 e. The van der Waals surface area contributed by atoms with Crippen molar-refractivity contribution in [3.63, 3.8) is 0 Å². The van der Waals surface area contributed by atoms with E-state index >= 15 is 0 Å². The normalized spacial score (nSPS) is 12.0. The van der Waals surface area contributed by atoms with Gasteiger partial charge in [0.2, 0.25) is 12.7 Å². The maximum absolute atomic E-state index is 12.2. The summed E-state index contributed by atoms with van der Waals surface area (Å²) in [6.45, 7) is 0.526. The number of aryl methyl sites for hydroxylation is 1. The molecule has 1 amide bonds. The average Bonchev–Trinajstić information content (AvgIpc) is 3.18. The number of nitrogens with zero attached hydrogens (tertiary/aromatic N) is 2. The second kappa shape index (κ2) is 8.36. The molecular weight excluding hydrogens is 394 g/mol. The van der Waals surface area contributed by atoms with Crippen LogP contribution in [0.4, 0.5) is 5.69 Å². The lowest BCUT2D eigenvalue weighted by atomic mass is 10.1. The molecule has 0 saturated carbocycles. The summed E-state index contributed by atoms with van der Waals surface area (Å²) in [5.74, 6) is 1.12. The molecule has 0 fully saturated rings. The van der Waals surface area contributed by atoms with Gasteiger partial charge in [0.05, 0.1) is 5.69 Å². The van der Waals surface area contributed by atoms with E-state index in [9.17, 15) is 9.59 Å². The van der Waals surface area contributed by atoms with Crippen LogP contribution in [0.2, 0.25) is 5.02 Å². The van der Waals surface area contributed by atoms with Gasteiger partial charge in [-0.3, -0.25) is 9.59 Å². The zero-order valence-electron chi connectivity index (χ0n) is 15.4. The van der Waals surface area contributed by atoms with Crippen LogP contribution in [0.5, 0.6) is 11.5 Å². The summed E-state index contributed by atoms with van der Waals surface area (Å²) >= 11 is 5.91. The Morgan fingerprint density at radius 1 is 1.07 bits per heavy atom. The topological polar surface area (TPSA) is 82.5 Å². The molecular formula is C21H18ClN3O4. The Morgan fingerprint density at radius 2 is 1.86 bits per heavy atom. The molecule has 2 heterocycles. The molecule has 8 heteroatoms. The molecule has 0 spiro atoms. The summed E-state index contributed by atoms with van der Waals surface area (Å²) in [6, 6.07) is 15.6. The molecule has 1 aliphatic rings. The van der Waals surface area contributed by atoms with Gasteiger partial charge in [0.15, 0.2) is 11.5 Å². The third-order valence-corrected chi connectivity index (χ3v) is 4.69. The number of benzene rings is 2. The van der Waals surface area contributed by atoms with Crippen molar-refractivity contribution in [2.75, 3.05) is 12.1 Å². The molecule has 1 aliphatic heterocycles. The Balaban J connectivity index is 1.35. The molecule has 2 aromatic carbocycles. The van der Waals surface area contributed by atoms with E-state index in [-0.39, 0.29) is 24.7 Å². The fraction of sp³-hybridized carbons (Fsp3) is 0.190. The van der Waals surface area contributed by atoms with Crippen LogP contribution in [0.15, 0.2) is 59.4 Å². The molecule has 0 aliphatic carbocycles. The van der Waals surface area contributed by atoms with E-state index < -0.39 is 0 Å². The number of nitrogens with one attached hydrogen (secondary N) is 1. The highest BCUT2D eigenvalue weighted by molar-refractivity contribution is 6.30. The fourth-order valence-electron chi connectivity index (χ4n) is 2.97.